The number of anilines is 3. The van der Waals surface area contributed by atoms with Crippen LogP contribution in [0.3, 0.4) is 0 Å². The van der Waals surface area contributed by atoms with Gasteiger partial charge in [0.25, 0.3) is 5.91 Å². The molecular weight excluding hydrogens is 470 g/mol. The third-order valence-electron chi connectivity index (χ3n) is 5.71. The molecule has 0 aliphatic carbocycles. The lowest BCUT2D eigenvalue weighted by Crippen LogP contribution is -2.21. The van der Waals surface area contributed by atoms with Crippen molar-refractivity contribution in [2.45, 2.75) is 78.1 Å². The first-order valence-electron chi connectivity index (χ1n) is 13.1. The Labute approximate surface area is 219 Å². The zero-order chi connectivity index (χ0) is 26.9. The van der Waals surface area contributed by atoms with Gasteiger partial charge >= 0.3 is 5.97 Å². The van der Waals surface area contributed by atoms with Crippen molar-refractivity contribution in [2.24, 2.45) is 0 Å². The molecule has 0 aliphatic rings. The molecule has 0 saturated carbocycles. The first-order chi connectivity index (χ1) is 17.9. The largest absolute Gasteiger partial charge is 0.452 e. The summed E-state index contributed by atoms with van der Waals surface area (Å²) in [5, 5.41) is 8.09. The summed E-state index contributed by atoms with van der Waals surface area (Å²) < 4.78 is 5.11. The Morgan fingerprint density at radius 3 is 1.86 bits per heavy atom. The molecule has 0 atom stereocenters. The smallest absolute Gasteiger partial charge is 0.338 e. The van der Waals surface area contributed by atoms with Crippen molar-refractivity contribution in [3.63, 3.8) is 0 Å². The number of benzene rings is 2. The molecule has 8 heteroatoms. The Hall–Kier alpha value is -3.68. The van der Waals surface area contributed by atoms with Gasteiger partial charge in [0.2, 0.25) is 11.8 Å². The second-order valence-electron chi connectivity index (χ2n) is 9.09. The molecule has 0 spiro atoms. The third kappa shape index (κ3) is 12.7. The van der Waals surface area contributed by atoms with E-state index in [4.69, 9.17) is 4.74 Å². The molecule has 2 rings (SSSR count). The predicted octanol–water partition coefficient (Wildman–Crippen LogP) is 6.30. The van der Waals surface area contributed by atoms with Crippen LogP contribution in [0.5, 0.6) is 0 Å². The molecule has 0 bridgehead atoms. The predicted molar refractivity (Wildman–Crippen MR) is 147 cm³/mol. The van der Waals surface area contributed by atoms with E-state index in [0.717, 1.165) is 19.3 Å². The molecule has 0 aromatic heterocycles. The molecule has 0 heterocycles. The fraction of sp³-hybridized carbons (Fsp3) is 0.448. The van der Waals surface area contributed by atoms with Crippen LogP contribution in [0.25, 0.3) is 0 Å². The normalized spacial score (nSPS) is 10.4. The molecule has 200 valence electrons. The first kappa shape index (κ1) is 29.5. The third-order valence-corrected chi connectivity index (χ3v) is 5.71. The lowest BCUT2D eigenvalue weighted by atomic mass is 10.1. The van der Waals surface area contributed by atoms with Gasteiger partial charge in [0, 0.05) is 30.4 Å². The molecule has 0 fully saturated rings. The highest BCUT2D eigenvalue weighted by Crippen LogP contribution is 2.15. The molecule has 3 amide bonds. The van der Waals surface area contributed by atoms with Crippen LogP contribution >= 0.6 is 0 Å². The average Bonchev–Trinajstić information content (AvgIpc) is 2.87. The van der Waals surface area contributed by atoms with Crippen molar-refractivity contribution < 1.29 is 23.9 Å². The van der Waals surface area contributed by atoms with Gasteiger partial charge < -0.3 is 20.7 Å². The molecule has 0 unspecified atom stereocenters. The van der Waals surface area contributed by atoms with E-state index in [-0.39, 0.29) is 17.4 Å². The van der Waals surface area contributed by atoms with Crippen LogP contribution in [0.15, 0.2) is 48.5 Å². The van der Waals surface area contributed by atoms with Crippen LogP contribution in [0.1, 0.15) is 88.4 Å². The number of unbranched alkanes of at least 4 members (excludes halogenated alkanes) is 8. The summed E-state index contributed by atoms with van der Waals surface area (Å²) in [4.78, 5) is 47.9. The lowest BCUT2D eigenvalue weighted by Gasteiger charge is -2.09. The van der Waals surface area contributed by atoms with E-state index >= 15 is 0 Å². The number of nitrogens with one attached hydrogen (secondary N) is 3. The number of carbonyl (C=O) groups is 4. The number of carbonyl (C=O) groups excluding carboxylic acids is 4. The number of amides is 3. The van der Waals surface area contributed by atoms with Gasteiger partial charge in [0.1, 0.15) is 0 Å². The molecule has 37 heavy (non-hydrogen) atoms. The Bertz CT molecular complexity index is 1020. The standard InChI is InChI=1S/C29H39N3O5/c1-3-4-5-6-7-8-9-10-11-15-27(34)32-26-14-12-13-23(20-26)29(36)37-21-28(35)31-25-18-16-24(17-19-25)30-22(2)33/h12-14,16-20H,3-11,15,21H2,1-2H3,(H,30,33)(H,31,35)(H,32,34). The van der Waals surface area contributed by atoms with Gasteiger partial charge in [-0.15, -0.1) is 0 Å². The number of hydrogen-bond acceptors (Lipinski definition) is 5. The maximum atomic E-state index is 12.4. The van der Waals surface area contributed by atoms with Gasteiger partial charge in [-0.1, -0.05) is 64.4 Å². The second kappa shape index (κ2) is 16.9. The molecular formula is C29H39N3O5. The van der Waals surface area contributed by atoms with Crippen molar-refractivity contribution in [3.8, 4) is 0 Å². The first-order valence-corrected chi connectivity index (χ1v) is 13.1. The molecule has 3 N–H and O–H groups in total. The molecule has 0 aliphatic heterocycles. The highest BCUT2D eigenvalue weighted by atomic mass is 16.5. The minimum absolute atomic E-state index is 0.0858. The molecule has 2 aromatic rings. The summed E-state index contributed by atoms with van der Waals surface area (Å²) in [6.45, 7) is 3.17. The summed E-state index contributed by atoms with van der Waals surface area (Å²) in [5.41, 5.74) is 1.87. The zero-order valence-corrected chi connectivity index (χ0v) is 21.9. The SMILES string of the molecule is CCCCCCCCCCCC(=O)Nc1cccc(C(=O)OCC(=O)Nc2ccc(NC(C)=O)cc2)c1. The van der Waals surface area contributed by atoms with Gasteiger partial charge in [-0.3, -0.25) is 14.4 Å². The van der Waals surface area contributed by atoms with E-state index in [0.29, 0.717) is 23.5 Å². The minimum atomic E-state index is -0.661. The van der Waals surface area contributed by atoms with Gasteiger partial charge in [-0.2, -0.15) is 0 Å². The highest BCUT2D eigenvalue weighted by Gasteiger charge is 2.12. The molecule has 0 radical (unpaired) electrons. The van der Waals surface area contributed by atoms with Crippen LogP contribution in [0.4, 0.5) is 17.1 Å². The quantitative estimate of drug-likeness (QED) is 0.181. The Kier molecular flexibility index (Phi) is 13.5. The number of ether oxygens (including phenoxy) is 1. The maximum Gasteiger partial charge on any atom is 0.338 e. The van der Waals surface area contributed by atoms with Gasteiger partial charge in [0.15, 0.2) is 6.61 Å². The summed E-state index contributed by atoms with van der Waals surface area (Å²) in [5.74, 6) is -1.43. The lowest BCUT2D eigenvalue weighted by molar-refractivity contribution is -0.119. The van der Waals surface area contributed by atoms with Crippen LogP contribution in [-0.4, -0.2) is 30.3 Å². The van der Waals surface area contributed by atoms with E-state index < -0.39 is 18.5 Å². The summed E-state index contributed by atoms with van der Waals surface area (Å²) in [7, 11) is 0. The van der Waals surface area contributed by atoms with Gasteiger partial charge in [-0.05, 0) is 48.9 Å². The van der Waals surface area contributed by atoms with E-state index in [1.807, 2.05) is 0 Å². The Morgan fingerprint density at radius 1 is 0.676 bits per heavy atom. The van der Waals surface area contributed by atoms with Crippen molar-refractivity contribution in [2.75, 3.05) is 22.6 Å². The fourth-order valence-corrected chi connectivity index (χ4v) is 3.80. The van der Waals surface area contributed by atoms with Crippen molar-refractivity contribution in [1.82, 2.24) is 0 Å². The number of esters is 1. The topological polar surface area (TPSA) is 114 Å². The Balaban J connectivity index is 1.68. The minimum Gasteiger partial charge on any atom is -0.452 e. The highest BCUT2D eigenvalue weighted by molar-refractivity contribution is 5.97. The monoisotopic (exact) mass is 509 g/mol. The zero-order valence-electron chi connectivity index (χ0n) is 21.9. The fourth-order valence-electron chi connectivity index (χ4n) is 3.80. The van der Waals surface area contributed by atoms with Gasteiger partial charge in [0.05, 0.1) is 5.56 Å². The van der Waals surface area contributed by atoms with E-state index in [1.165, 1.54) is 51.5 Å². The molecule has 0 saturated heterocycles. The number of hydrogen-bond donors (Lipinski definition) is 3. The van der Waals surface area contributed by atoms with Crippen LogP contribution in [0.2, 0.25) is 0 Å². The summed E-state index contributed by atoms with van der Waals surface area (Å²) in [6, 6.07) is 13.0. The maximum absolute atomic E-state index is 12.4. The number of rotatable bonds is 16. The van der Waals surface area contributed by atoms with Crippen LogP contribution in [0, 0.1) is 0 Å². The van der Waals surface area contributed by atoms with E-state index in [1.54, 1.807) is 42.5 Å². The van der Waals surface area contributed by atoms with Gasteiger partial charge in [-0.25, -0.2) is 4.79 Å². The van der Waals surface area contributed by atoms with E-state index in [9.17, 15) is 19.2 Å². The van der Waals surface area contributed by atoms with Crippen LogP contribution < -0.4 is 16.0 Å². The average molecular weight is 510 g/mol. The van der Waals surface area contributed by atoms with Crippen molar-refractivity contribution >= 4 is 40.8 Å². The Morgan fingerprint density at radius 2 is 1.24 bits per heavy atom. The van der Waals surface area contributed by atoms with Crippen molar-refractivity contribution in [1.29, 1.82) is 0 Å². The van der Waals surface area contributed by atoms with Crippen LogP contribution in [-0.2, 0) is 19.1 Å². The summed E-state index contributed by atoms with van der Waals surface area (Å²) >= 11 is 0. The second-order valence-corrected chi connectivity index (χ2v) is 9.09. The van der Waals surface area contributed by atoms with E-state index in [2.05, 4.69) is 22.9 Å². The van der Waals surface area contributed by atoms with Crippen molar-refractivity contribution in [3.05, 3.63) is 54.1 Å². The molecule has 8 nitrogen and oxygen atoms in total. The summed E-state index contributed by atoms with van der Waals surface area (Å²) in [6.07, 6.45) is 11.1. The molecule has 2 aromatic carbocycles.